The lowest BCUT2D eigenvalue weighted by atomic mass is 9.80. The Kier molecular flexibility index (Phi) is 3.61. The van der Waals surface area contributed by atoms with Gasteiger partial charge in [0, 0.05) is 19.5 Å². The molecule has 3 heterocycles. The first kappa shape index (κ1) is 16.1. The molecule has 8 heteroatoms. The maximum Gasteiger partial charge on any atom is 0.262 e. The number of hydrogen-bond acceptors (Lipinski definition) is 5. The quantitative estimate of drug-likeness (QED) is 0.849. The summed E-state index contributed by atoms with van der Waals surface area (Å²) in [7, 11) is 0. The molecule has 0 radical (unpaired) electrons. The first-order valence-corrected chi connectivity index (χ1v) is 8.06. The second kappa shape index (κ2) is 5.59. The highest BCUT2D eigenvalue weighted by Gasteiger charge is 2.53. The van der Waals surface area contributed by atoms with Gasteiger partial charge in [0.25, 0.3) is 11.8 Å². The zero-order chi connectivity index (χ0) is 17.7. The van der Waals surface area contributed by atoms with E-state index in [4.69, 9.17) is 9.15 Å². The van der Waals surface area contributed by atoms with Gasteiger partial charge < -0.3 is 14.1 Å². The molecule has 0 N–H and O–H groups in total. The number of carbonyl (C=O) groups excluding carboxylic acids is 1. The van der Waals surface area contributed by atoms with Crippen molar-refractivity contribution in [2.75, 3.05) is 26.3 Å². The summed E-state index contributed by atoms with van der Waals surface area (Å²) in [5, 5.41) is 7.90. The molecule has 0 spiro atoms. The number of benzene rings is 1. The van der Waals surface area contributed by atoms with E-state index < -0.39 is 22.8 Å². The van der Waals surface area contributed by atoms with E-state index >= 15 is 0 Å². The van der Waals surface area contributed by atoms with E-state index in [9.17, 15) is 13.6 Å². The Hall–Kier alpha value is -2.35. The molecule has 1 amide bonds. The molecular formula is C17H17F2N3O3. The molecule has 25 heavy (non-hydrogen) atoms. The summed E-state index contributed by atoms with van der Waals surface area (Å²) in [6.07, 6.45) is 0.0804. The lowest BCUT2D eigenvalue weighted by Crippen LogP contribution is -2.63. The predicted molar refractivity (Wildman–Crippen MR) is 82.9 cm³/mol. The molecule has 4 rings (SSSR count). The van der Waals surface area contributed by atoms with Gasteiger partial charge >= 0.3 is 0 Å². The van der Waals surface area contributed by atoms with Crippen LogP contribution >= 0.6 is 0 Å². The molecule has 1 aromatic heterocycles. The van der Waals surface area contributed by atoms with Crippen LogP contribution in [0.15, 0.2) is 28.7 Å². The first-order valence-electron chi connectivity index (χ1n) is 8.06. The van der Waals surface area contributed by atoms with Gasteiger partial charge in [0.2, 0.25) is 11.6 Å². The van der Waals surface area contributed by atoms with Crippen LogP contribution < -0.4 is 0 Å². The SMILES string of the molecule is CC1(c2nnc(-c3ccccc3F)o2)CN(C(=O)C2(F)CCOC2)C1. The molecule has 0 saturated carbocycles. The fraction of sp³-hybridized carbons (Fsp3) is 0.471. The molecule has 0 bridgehead atoms. The monoisotopic (exact) mass is 349 g/mol. The second-order valence-corrected chi connectivity index (χ2v) is 6.88. The molecule has 2 fully saturated rings. The van der Waals surface area contributed by atoms with Crippen molar-refractivity contribution >= 4 is 5.91 Å². The highest BCUT2D eigenvalue weighted by atomic mass is 19.1. The van der Waals surface area contributed by atoms with Gasteiger partial charge in [-0.1, -0.05) is 12.1 Å². The number of alkyl halides is 1. The van der Waals surface area contributed by atoms with Gasteiger partial charge in [-0.15, -0.1) is 10.2 Å². The van der Waals surface area contributed by atoms with E-state index in [-0.39, 0.29) is 44.2 Å². The van der Waals surface area contributed by atoms with Crippen LogP contribution in [0.1, 0.15) is 19.2 Å². The average molecular weight is 349 g/mol. The number of halogens is 2. The summed E-state index contributed by atoms with van der Waals surface area (Å²) in [5.41, 5.74) is -2.28. The number of rotatable bonds is 3. The van der Waals surface area contributed by atoms with Gasteiger partial charge in [-0.3, -0.25) is 4.79 Å². The van der Waals surface area contributed by atoms with Crippen LogP contribution in [0.5, 0.6) is 0 Å². The van der Waals surface area contributed by atoms with Crippen molar-refractivity contribution < 1.29 is 22.7 Å². The van der Waals surface area contributed by atoms with Gasteiger partial charge in [-0.2, -0.15) is 0 Å². The van der Waals surface area contributed by atoms with Crippen molar-refractivity contribution in [1.29, 1.82) is 0 Å². The van der Waals surface area contributed by atoms with Gasteiger partial charge in [-0.05, 0) is 19.1 Å². The highest BCUT2D eigenvalue weighted by molar-refractivity contribution is 5.86. The topological polar surface area (TPSA) is 68.5 Å². The van der Waals surface area contributed by atoms with Crippen molar-refractivity contribution in [1.82, 2.24) is 15.1 Å². The number of amides is 1. The average Bonchev–Trinajstić information content (AvgIpc) is 3.22. The summed E-state index contributed by atoms with van der Waals surface area (Å²) in [6, 6.07) is 6.12. The summed E-state index contributed by atoms with van der Waals surface area (Å²) in [6.45, 7) is 2.46. The van der Waals surface area contributed by atoms with Crippen molar-refractivity contribution in [3.05, 3.63) is 36.0 Å². The molecule has 6 nitrogen and oxygen atoms in total. The normalized spacial score (nSPS) is 25.0. The predicted octanol–water partition coefficient (Wildman–Crippen LogP) is 2.10. The standard InChI is InChI=1S/C17H17F2N3O3/c1-16(8-22(9-16)15(23)17(19)6-7-24-10-17)14-21-20-13(25-14)11-4-2-3-5-12(11)18/h2-5H,6-10H2,1H3. The van der Waals surface area contributed by atoms with E-state index in [1.54, 1.807) is 18.2 Å². The fourth-order valence-corrected chi connectivity index (χ4v) is 3.28. The Morgan fingerprint density at radius 3 is 2.72 bits per heavy atom. The number of aromatic nitrogens is 2. The van der Waals surface area contributed by atoms with Crippen LogP contribution in [0, 0.1) is 5.82 Å². The Morgan fingerprint density at radius 2 is 2.04 bits per heavy atom. The van der Waals surface area contributed by atoms with Crippen LogP contribution in [0.4, 0.5) is 8.78 Å². The van der Waals surface area contributed by atoms with Crippen LogP contribution in [0.3, 0.4) is 0 Å². The maximum atomic E-state index is 14.5. The Morgan fingerprint density at radius 1 is 1.28 bits per heavy atom. The Labute approximate surface area is 142 Å². The molecule has 132 valence electrons. The third-order valence-corrected chi connectivity index (χ3v) is 4.77. The van der Waals surface area contributed by atoms with E-state index in [0.717, 1.165) is 0 Å². The number of hydrogen-bond donors (Lipinski definition) is 0. The number of nitrogens with zero attached hydrogens (tertiary/aromatic N) is 3. The van der Waals surface area contributed by atoms with Crippen LogP contribution in [0.25, 0.3) is 11.5 Å². The van der Waals surface area contributed by atoms with E-state index in [1.807, 2.05) is 6.92 Å². The molecule has 1 aromatic carbocycles. The summed E-state index contributed by atoms with van der Waals surface area (Å²) in [5.74, 6) is -0.610. The third kappa shape index (κ3) is 2.60. The zero-order valence-electron chi connectivity index (χ0n) is 13.7. The first-order chi connectivity index (χ1) is 11.9. The smallest absolute Gasteiger partial charge is 0.262 e. The van der Waals surface area contributed by atoms with Gasteiger partial charge in [0.05, 0.1) is 24.2 Å². The molecule has 0 aliphatic carbocycles. The second-order valence-electron chi connectivity index (χ2n) is 6.88. The highest BCUT2D eigenvalue weighted by Crippen LogP contribution is 2.38. The van der Waals surface area contributed by atoms with Crippen molar-refractivity contribution in [3.8, 4) is 11.5 Å². The van der Waals surface area contributed by atoms with Crippen LogP contribution in [0.2, 0.25) is 0 Å². The molecule has 2 aromatic rings. The maximum absolute atomic E-state index is 14.5. The van der Waals surface area contributed by atoms with Crippen LogP contribution in [-0.2, 0) is 14.9 Å². The van der Waals surface area contributed by atoms with Crippen LogP contribution in [-0.4, -0.2) is 53.0 Å². The van der Waals surface area contributed by atoms with E-state index in [1.165, 1.54) is 11.0 Å². The van der Waals surface area contributed by atoms with E-state index in [2.05, 4.69) is 10.2 Å². The third-order valence-electron chi connectivity index (χ3n) is 4.77. The fourth-order valence-electron chi connectivity index (χ4n) is 3.28. The number of ether oxygens (including phenoxy) is 1. The van der Waals surface area contributed by atoms with Crippen molar-refractivity contribution in [2.24, 2.45) is 0 Å². The lowest BCUT2D eigenvalue weighted by molar-refractivity contribution is -0.152. The molecular weight excluding hydrogens is 332 g/mol. The lowest BCUT2D eigenvalue weighted by Gasteiger charge is -2.47. The van der Waals surface area contributed by atoms with Crippen molar-refractivity contribution in [3.63, 3.8) is 0 Å². The molecule has 2 aliphatic heterocycles. The van der Waals surface area contributed by atoms with Gasteiger partial charge in [0.15, 0.2) is 0 Å². The minimum atomic E-state index is -1.94. The number of carbonyl (C=O) groups is 1. The largest absolute Gasteiger partial charge is 0.420 e. The minimum Gasteiger partial charge on any atom is -0.420 e. The zero-order valence-corrected chi connectivity index (χ0v) is 13.7. The van der Waals surface area contributed by atoms with Crippen molar-refractivity contribution in [2.45, 2.75) is 24.4 Å². The Bertz CT molecular complexity index is 811. The van der Waals surface area contributed by atoms with Gasteiger partial charge in [-0.25, -0.2) is 8.78 Å². The molecule has 2 saturated heterocycles. The summed E-state index contributed by atoms with van der Waals surface area (Å²) in [4.78, 5) is 13.7. The summed E-state index contributed by atoms with van der Waals surface area (Å²) >= 11 is 0. The Balaban J connectivity index is 1.49. The number of likely N-dealkylation sites (tertiary alicyclic amines) is 1. The molecule has 1 atom stereocenters. The van der Waals surface area contributed by atoms with Gasteiger partial charge in [0.1, 0.15) is 5.82 Å². The molecule has 2 aliphatic rings. The van der Waals surface area contributed by atoms with E-state index in [0.29, 0.717) is 5.89 Å². The molecule has 1 unspecified atom stereocenters. The summed E-state index contributed by atoms with van der Waals surface area (Å²) < 4.78 is 38.9. The minimum absolute atomic E-state index is 0.0804.